The van der Waals surface area contributed by atoms with Gasteiger partial charge in [-0.2, -0.15) is 0 Å². The molecule has 3 N–H and O–H groups in total. The molecule has 2 fully saturated rings. The van der Waals surface area contributed by atoms with Gasteiger partial charge >= 0.3 is 0 Å². The third kappa shape index (κ3) is 2.71. The molecule has 2 rings (SSSR count). The Kier molecular flexibility index (Phi) is 4.00. The largest absolute Gasteiger partial charge is 0.392 e. The van der Waals surface area contributed by atoms with Gasteiger partial charge < -0.3 is 15.7 Å². The Labute approximate surface area is 92.6 Å². The third-order valence-corrected chi connectivity index (χ3v) is 4.13. The van der Waals surface area contributed by atoms with Crippen molar-refractivity contribution < 1.29 is 5.11 Å². The summed E-state index contributed by atoms with van der Waals surface area (Å²) in [6.07, 6.45) is 7.54. The van der Waals surface area contributed by atoms with Crippen LogP contribution in [0.1, 0.15) is 38.5 Å². The first-order valence-electron chi connectivity index (χ1n) is 6.43. The molecule has 15 heavy (non-hydrogen) atoms. The van der Waals surface area contributed by atoms with E-state index < -0.39 is 0 Å². The summed E-state index contributed by atoms with van der Waals surface area (Å²) in [7, 11) is 0. The Morgan fingerprint density at radius 3 is 2.87 bits per heavy atom. The van der Waals surface area contributed by atoms with Gasteiger partial charge in [-0.25, -0.2) is 0 Å². The summed E-state index contributed by atoms with van der Waals surface area (Å²) >= 11 is 0. The Morgan fingerprint density at radius 2 is 2.07 bits per heavy atom. The Bertz CT molecular complexity index is 198. The lowest BCUT2D eigenvalue weighted by Crippen LogP contribution is -2.44. The minimum absolute atomic E-state index is 0.299. The van der Waals surface area contributed by atoms with Crippen molar-refractivity contribution in [1.29, 1.82) is 0 Å². The van der Waals surface area contributed by atoms with Crippen molar-refractivity contribution in [1.82, 2.24) is 4.90 Å². The maximum absolute atomic E-state index is 9.48. The highest BCUT2D eigenvalue weighted by Gasteiger charge is 2.34. The first kappa shape index (κ1) is 11.4. The van der Waals surface area contributed by atoms with Gasteiger partial charge in [0.15, 0.2) is 0 Å². The lowest BCUT2D eigenvalue weighted by atomic mass is 9.92. The van der Waals surface area contributed by atoms with Gasteiger partial charge in [0.2, 0.25) is 0 Å². The lowest BCUT2D eigenvalue weighted by molar-refractivity contribution is 0.0858. The van der Waals surface area contributed by atoms with Gasteiger partial charge in [0, 0.05) is 19.1 Å². The second kappa shape index (κ2) is 5.28. The number of hydrogen-bond acceptors (Lipinski definition) is 3. The van der Waals surface area contributed by atoms with Gasteiger partial charge in [-0.1, -0.05) is 6.42 Å². The number of likely N-dealkylation sites (tertiary alicyclic amines) is 1. The molecule has 0 radical (unpaired) electrons. The first-order valence-corrected chi connectivity index (χ1v) is 6.43. The van der Waals surface area contributed by atoms with Crippen molar-refractivity contribution in [3.05, 3.63) is 0 Å². The molecule has 1 saturated heterocycles. The molecule has 3 heteroatoms. The monoisotopic (exact) mass is 212 g/mol. The van der Waals surface area contributed by atoms with Crippen molar-refractivity contribution in [2.75, 3.05) is 19.6 Å². The maximum Gasteiger partial charge on any atom is 0.0674 e. The zero-order chi connectivity index (χ0) is 10.7. The predicted molar refractivity (Wildman–Crippen MR) is 61.6 cm³/mol. The molecular weight excluding hydrogens is 188 g/mol. The van der Waals surface area contributed by atoms with Crippen LogP contribution in [0.25, 0.3) is 0 Å². The summed E-state index contributed by atoms with van der Waals surface area (Å²) in [5, 5.41) is 9.48. The predicted octanol–water partition coefficient (Wildman–Crippen LogP) is 0.961. The van der Waals surface area contributed by atoms with E-state index in [1.807, 2.05) is 0 Å². The topological polar surface area (TPSA) is 49.5 Å². The number of piperidine rings is 1. The van der Waals surface area contributed by atoms with Gasteiger partial charge in [-0.15, -0.1) is 0 Å². The number of aliphatic hydroxyl groups is 1. The fourth-order valence-electron chi connectivity index (χ4n) is 3.27. The number of nitrogens with two attached hydrogens (primary N) is 1. The standard InChI is InChI=1S/C12H24N2O/c13-9-11(15)6-8-14-7-2-4-10-3-1-5-12(10)14/h10-12,15H,1-9,13H2. The molecule has 1 aliphatic heterocycles. The minimum Gasteiger partial charge on any atom is -0.392 e. The Morgan fingerprint density at radius 1 is 1.27 bits per heavy atom. The van der Waals surface area contributed by atoms with Gasteiger partial charge in [0.05, 0.1) is 6.10 Å². The molecule has 0 aromatic rings. The number of rotatable bonds is 4. The number of aliphatic hydroxyl groups excluding tert-OH is 1. The maximum atomic E-state index is 9.48. The number of fused-ring (bicyclic) bond motifs is 1. The molecule has 0 aromatic heterocycles. The van der Waals surface area contributed by atoms with Crippen molar-refractivity contribution in [2.45, 2.75) is 50.7 Å². The lowest BCUT2D eigenvalue weighted by Gasteiger charge is -2.38. The summed E-state index contributed by atoms with van der Waals surface area (Å²) in [5.74, 6) is 0.953. The van der Waals surface area contributed by atoms with Crippen LogP contribution in [-0.4, -0.2) is 41.8 Å². The van der Waals surface area contributed by atoms with Gasteiger partial charge in [-0.3, -0.25) is 0 Å². The highest BCUT2D eigenvalue weighted by molar-refractivity contribution is 4.89. The van der Waals surface area contributed by atoms with Crippen molar-refractivity contribution >= 4 is 0 Å². The van der Waals surface area contributed by atoms with E-state index in [9.17, 15) is 5.11 Å². The van der Waals surface area contributed by atoms with Crippen LogP contribution in [0.2, 0.25) is 0 Å². The van der Waals surface area contributed by atoms with E-state index in [4.69, 9.17) is 5.73 Å². The Hall–Kier alpha value is -0.120. The van der Waals surface area contributed by atoms with Crippen LogP contribution in [0.4, 0.5) is 0 Å². The fraction of sp³-hybridized carbons (Fsp3) is 1.00. The summed E-state index contributed by atoms with van der Waals surface area (Å²) in [6.45, 7) is 2.68. The van der Waals surface area contributed by atoms with Crippen molar-refractivity contribution in [3.8, 4) is 0 Å². The second-order valence-corrected chi connectivity index (χ2v) is 5.11. The average molecular weight is 212 g/mol. The van der Waals surface area contributed by atoms with E-state index in [-0.39, 0.29) is 6.10 Å². The van der Waals surface area contributed by atoms with E-state index in [2.05, 4.69) is 4.90 Å². The first-order chi connectivity index (χ1) is 7.31. The summed E-state index contributed by atoms with van der Waals surface area (Å²) in [5.41, 5.74) is 5.43. The van der Waals surface area contributed by atoms with E-state index >= 15 is 0 Å². The van der Waals surface area contributed by atoms with Crippen LogP contribution in [0.3, 0.4) is 0 Å². The van der Waals surface area contributed by atoms with E-state index in [1.54, 1.807) is 0 Å². The number of hydrogen-bond donors (Lipinski definition) is 2. The molecular formula is C12H24N2O. The van der Waals surface area contributed by atoms with Crippen LogP contribution in [0, 0.1) is 5.92 Å². The normalized spacial score (nSPS) is 34.0. The molecule has 0 amide bonds. The van der Waals surface area contributed by atoms with E-state index in [0.717, 1.165) is 24.9 Å². The zero-order valence-corrected chi connectivity index (χ0v) is 9.57. The van der Waals surface area contributed by atoms with Crippen molar-refractivity contribution in [2.24, 2.45) is 11.7 Å². The SMILES string of the molecule is NCC(O)CCN1CCCC2CCCC21. The highest BCUT2D eigenvalue weighted by atomic mass is 16.3. The van der Waals surface area contributed by atoms with Gasteiger partial charge in [0.25, 0.3) is 0 Å². The molecule has 88 valence electrons. The summed E-state index contributed by atoms with van der Waals surface area (Å²) < 4.78 is 0. The van der Waals surface area contributed by atoms with Crippen LogP contribution in [-0.2, 0) is 0 Å². The van der Waals surface area contributed by atoms with E-state index in [0.29, 0.717) is 6.54 Å². The minimum atomic E-state index is -0.299. The van der Waals surface area contributed by atoms with Crippen molar-refractivity contribution in [3.63, 3.8) is 0 Å². The van der Waals surface area contributed by atoms with E-state index in [1.165, 1.54) is 38.6 Å². The number of nitrogens with zero attached hydrogens (tertiary/aromatic N) is 1. The summed E-state index contributed by atoms with van der Waals surface area (Å²) in [4.78, 5) is 2.60. The van der Waals surface area contributed by atoms with Gasteiger partial charge in [0.1, 0.15) is 0 Å². The second-order valence-electron chi connectivity index (χ2n) is 5.11. The molecule has 3 atom stereocenters. The third-order valence-electron chi connectivity index (χ3n) is 4.13. The van der Waals surface area contributed by atoms with Crippen LogP contribution in [0.15, 0.2) is 0 Å². The average Bonchev–Trinajstić information content (AvgIpc) is 2.74. The molecule has 1 heterocycles. The van der Waals surface area contributed by atoms with Crippen LogP contribution >= 0.6 is 0 Å². The Balaban J connectivity index is 1.80. The fourth-order valence-corrected chi connectivity index (χ4v) is 3.27. The summed E-state index contributed by atoms with van der Waals surface area (Å²) in [6, 6.07) is 0.823. The molecule has 2 aliphatic rings. The van der Waals surface area contributed by atoms with Crippen LogP contribution < -0.4 is 5.73 Å². The molecule has 0 bridgehead atoms. The van der Waals surface area contributed by atoms with Crippen LogP contribution in [0.5, 0.6) is 0 Å². The molecule has 1 aliphatic carbocycles. The quantitative estimate of drug-likeness (QED) is 0.730. The molecule has 3 nitrogen and oxygen atoms in total. The molecule has 3 unspecified atom stereocenters. The zero-order valence-electron chi connectivity index (χ0n) is 9.57. The molecule has 1 saturated carbocycles. The molecule has 0 spiro atoms. The smallest absolute Gasteiger partial charge is 0.0674 e. The highest BCUT2D eigenvalue weighted by Crippen LogP contribution is 2.36. The molecule has 0 aromatic carbocycles. The van der Waals surface area contributed by atoms with Gasteiger partial charge in [-0.05, 0) is 44.6 Å².